The highest BCUT2D eigenvalue weighted by Gasteiger charge is 2.24. The SMILES string of the molecule is CC(C)(c1ccc(OCC(O)Cn2nnc(CO)c2[123I])cc1)c1ccc(OCC(O)CCl)c(Br)c1. The maximum absolute atomic E-state index is 10.3. The fourth-order valence-corrected chi connectivity index (χ4v) is 4.52. The molecule has 0 saturated carbocycles. The number of aliphatic hydroxyl groups is 3. The van der Waals surface area contributed by atoms with E-state index in [0.717, 1.165) is 15.6 Å². The molecule has 0 amide bonds. The molecule has 3 aromatic rings. The van der Waals surface area contributed by atoms with Crippen molar-refractivity contribution in [2.45, 2.75) is 44.6 Å². The van der Waals surface area contributed by atoms with E-state index in [-0.39, 0.29) is 37.7 Å². The summed E-state index contributed by atoms with van der Waals surface area (Å²) in [4.78, 5) is 0. The van der Waals surface area contributed by atoms with Gasteiger partial charge in [-0.05, 0) is 73.9 Å². The topological polar surface area (TPSA) is 110 Å². The minimum absolute atomic E-state index is 0.0972. The van der Waals surface area contributed by atoms with Crippen molar-refractivity contribution >= 4 is 50.1 Å². The van der Waals surface area contributed by atoms with Gasteiger partial charge in [-0.1, -0.05) is 37.3 Å². The molecule has 2 atom stereocenters. The average Bonchev–Trinajstić information content (AvgIpc) is 3.20. The Morgan fingerprint density at radius 2 is 1.71 bits per heavy atom. The molecule has 2 aromatic carbocycles. The van der Waals surface area contributed by atoms with Crippen molar-refractivity contribution in [3.8, 4) is 11.5 Å². The molecule has 0 radical (unpaired) electrons. The fraction of sp³-hybridized carbons (Fsp3) is 0.417. The fourth-order valence-electron chi connectivity index (χ4n) is 3.37. The van der Waals surface area contributed by atoms with Gasteiger partial charge in [-0.2, -0.15) is 0 Å². The van der Waals surface area contributed by atoms with E-state index in [1.54, 1.807) is 4.68 Å². The summed E-state index contributed by atoms with van der Waals surface area (Å²) < 4.78 is 14.4. The van der Waals surface area contributed by atoms with Crippen LogP contribution in [0.15, 0.2) is 46.9 Å². The maximum Gasteiger partial charge on any atom is 0.133 e. The van der Waals surface area contributed by atoms with Gasteiger partial charge in [0.15, 0.2) is 0 Å². The zero-order valence-corrected chi connectivity index (χ0v) is 23.9. The summed E-state index contributed by atoms with van der Waals surface area (Å²) >= 11 is 11.2. The second kappa shape index (κ2) is 12.7. The highest BCUT2D eigenvalue weighted by atomic mass is 123. The first-order chi connectivity index (χ1) is 16.6. The third-order valence-corrected chi connectivity index (χ3v) is 7.71. The number of halogens is 3. The van der Waals surface area contributed by atoms with Crippen molar-refractivity contribution in [3.05, 3.63) is 67.5 Å². The molecule has 1 aromatic heterocycles. The van der Waals surface area contributed by atoms with E-state index in [9.17, 15) is 15.3 Å². The number of aliphatic hydroxyl groups excluding tert-OH is 3. The molecule has 3 N–H and O–H groups in total. The normalized spacial score (nSPS) is 13.5. The molecule has 0 fully saturated rings. The van der Waals surface area contributed by atoms with Gasteiger partial charge in [0.05, 0.1) is 23.5 Å². The molecule has 1 heterocycles. The lowest BCUT2D eigenvalue weighted by atomic mass is 9.78. The molecule has 3 rings (SSSR count). The first-order valence-corrected chi connectivity index (χ1v) is 13.3. The Labute approximate surface area is 231 Å². The van der Waals surface area contributed by atoms with Crippen molar-refractivity contribution in [3.63, 3.8) is 0 Å². The zero-order valence-electron chi connectivity index (χ0n) is 19.4. The molecule has 11 heteroatoms. The molecule has 0 spiro atoms. The van der Waals surface area contributed by atoms with Gasteiger partial charge in [0.25, 0.3) is 0 Å². The van der Waals surface area contributed by atoms with Crippen LogP contribution >= 0.6 is 50.1 Å². The Kier molecular flexibility index (Phi) is 10.2. The van der Waals surface area contributed by atoms with Crippen LogP contribution in [-0.4, -0.2) is 61.6 Å². The summed E-state index contributed by atoms with van der Waals surface area (Å²) in [6.07, 6.45) is -1.50. The number of nitrogens with zero attached hydrogens (tertiary/aromatic N) is 3. The van der Waals surface area contributed by atoms with E-state index in [2.05, 4.69) is 40.1 Å². The number of aromatic nitrogens is 3. The first-order valence-electron chi connectivity index (χ1n) is 10.9. The van der Waals surface area contributed by atoms with Crippen molar-refractivity contribution in [1.82, 2.24) is 15.0 Å². The molecule has 35 heavy (non-hydrogen) atoms. The van der Waals surface area contributed by atoms with Crippen LogP contribution in [0.1, 0.15) is 30.7 Å². The lowest BCUT2D eigenvalue weighted by Crippen LogP contribution is -2.25. The Morgan fingerprint density at radius 1 is 1.06 bits per heavy atom. The van der Waals surface area contributed by atoms with E-state index in [0.29, 0.717) is 20.9 Å². The lowest BCUT2D eigenvalue weighted by molar-refractivity contribution is 0.0881. The minimum atomic E-state index is -0.781. The molecule has 0 saturated heterocycles. The van der Waals surface area contributed by atoms with Crippen LogP contribution in [0.4, 0.5) is 0 Å². The number of hydrogen-bond acceptors (Lipinski definition) is 7. The Bertz CT molecular complexity index is 1110. The molecular formula is C24H28BrClIN3O5. The van der Waals surface area contributed by atoms with Gasteiger partial charge in [0.2, 0.25) is 0 Å². The van der Waals surface area contributed by atoms with Crippen molar-refractivity contribution < 1.29 is 24.8 Å². The number of ether oxygens (including phenoxy) is 2. The van der Waals surface area contributed by atoms with Crippen molar-refractivity contribution in [2.75, 3.05) is 19.1 Å². The van der Waals surface area contributed by atoms with Gasteiger partial charge in [-0.15, -0.1) is 16.7 Å². The molecule has 8 nitrogen and oxygen atoms in total. The predicted molar refractivity (Wildman–Crippen MR) is 145 cm³/mol. The third-order valence-electron chi connectivity index (χ3n) is 5.55. The lowest BCUT2D eigenvalue weighted by Gasteiger charge is -2.27. The van der Waals surface area contributed by atoms with Gasteiger partial charge in [0.1, 0.15) is 46.3 Å². The van der Waals surface area contributed by atoms with Gasteiger partial charge >= 0.3 is 0 Å². The Hall–Kier alpha value is -1.44. The van der Waals surface area contributed by atoms with E-state index in [1.807, 2.05) is 65.1 Å². The van der Waals surface area contributed by atoms with Crippen molar-refractivity contribution in [1.29, 1.82) is 0 Å². The van der Waals surface area contributed by atoms with Crippen molar-refractivity contribution in [2.24, 2.45) is 0 Å². The third kappa shape index (κ3) is 7.30. The van der Waals surface area contributed by atoms with Crippen LogP contribution in [0, 0.1) is 3.70 Å². The van der Waals surface area contributed by atoms with Crippen LogP contribution in [-0.2, 0) is 18.6 Å². The van der Waals surface area contributed by atoms with E-state index >= 15 is 0 Å². The van der Waals surface area contributed by atoms with E-state index < -0.39 is 12.2 Å². The largest absolute Gasteiger partial charge is 0.491 e. The van der Waals surface area contributed by atoms with Crippen LogP contribution in [0.3, 0.4) is 0 Å². The minimum Gasteiger partial charge on any atom is -0.491 e. The number of rotatable bonds is 12. The molecule has 0 bridgehead atoms. The summed E-state index contributed by atoms with van der Waals surface area (Å²) in [5.41, 5.74) is 2.38. The van der Waals surface area contributed by atoms with E-state index in [1.165, 1.54) is 0 Å². The van der Waals surface area contributed by atoms with Crippen LogP contribution in [0.2, 0.25) is 0 Å². The second-order valence-electron chi connectivity index (χ2n) is 8.55. The van der Waals surface area contributed by atoms with Gasteiger partial charge in [-0.25, -0.2) is 4.68 Å². The average molecular weight is 677 g/mol. The summed E-state index contributed by atoms with van der Waals surface area (Å²) in [5.74, 6) is 1.41. The molecule has 0 aliphatic carbocycles. The number of hydrogen-bond donors (Lipinski definition) is 3. The monoisotopic (exact) mass is 675 g/mol. The summed E-state index contributed by atoms with van der Waals surface area (Å²) in [6, 6.07) is 13.7. The standard InChI is InChI=1S/C24H28BrClIN3O5/c1-24(2,16-5-8-22(20(25)9-16)35-13-17(32)10-26)15-3-6-19(7-4-15)34-14-18(33)11-30-23(27)21(12-31)28-29-30/h3-9,17-18,31-33H,10-14H2,1-2H3/i27-4. The number of benzene rings is 2. The van der Waals surface area contributed by atoms with Gasteiger partial charge in [-0.3, -0.25) is 0 Å². The molecule has 2 unspecified atom stereocenters. The summed E-state index contributed by atoms with van der Waals surface area (Å²) in [5, 5.41) is 37.0. The summed E-state index contributed by atoms with van der Waals surface area (Å²) in [6.45, 7) is 4.51. The highest BCUT2D eigenvalue weighted by Crippen LogP contribution is 2.36. The quantitative estimate of drug-likeness (QED) is 0.197. The van der Waals surface area contributed by atoms with Crippen LogP contribution in [0.5, 0.6) is 11.5 Å². The van der Waals surface area contributed by atoms with Crippen LogP contribution in [0.25, 0.3) is 0 Å². The van der Waals surface area contributed by atoms with Gasteiger partial charge < -0.3 is 24.8 Å². The maximum atomic E-state index is 10.3. The summed E-state index contributed by atoms with van der Waals surface area (Å²) in [7, 11) is 0. The Balaban J connectivity index is 1.60. The predicted octanol–water partition coefficient (Wildman–Crippen LogP) is 3.88. The van der Waals surface area contributed by atoms with Gasteiger partial charge in [0, 0.05) is 5.41 Å². The zero-order chi connectivity index (χ0) is 25.6. The Morgan fingerprint density at radius 3 is 2.31 bits per heavy atom. The molecular weight excluding hydrogens is 649 g/mol. The highest BCUT2D eigenvalue weighted by molar-refractivity contribution is 14.1. The first kappa shape index (κ1) is 28.1. The number of alkyl halides is 1. The van der Waals surface area contributed by atoms with E-state index in [4.69, 9.17) is 21.1 Å². The second-order valence-corrected chi connectivity index (χ2v) is 10.7. The molecule has 0 aliphatic rings. The molecule has 190 valence electrons. The van der Waals surface area contributed by atoms with Crippen LogP contribution < -0.4 is 9.47 Å². The smallest absolute Gasteiger partial charge is 0.133 e. The molecule has 0 aliphatic heterocycles.